The minimum Gasteiger partial charge on any atom is -0.436 e. The van der Waals surface area contributed by atoms with Crippen molar-refractivity contribution in [2.24, 2.45) is 5.92 Å². The van der Waals surface area contributed by atoms with Crippen molar-refractivity contribution in [2.75, 3.05) is 26.2 Å². The van der Waals surface area contributed by atoms with Gasteiger partial charge in [0.05, 0.1) is 30.6 Å². The van der Waals surface area contributed by atoms with E-state index >= 15 is 0 Å². The standard InChI is InChI=1S/C27H26F2N2O3S/c28-21-6-1-4-19(14-21)26(20-5-2-7-22(29)15-20)34-27(33)30-23-16-31(11-9-18(23)10-12-31)17-24(32)25-8-3-13-35-25/h1-8,13-15,18,23,26H,9-12,16-17H2/p+1. The highest BCUT2D eigenvalue weighted by Gasteiger charge is 2.47. The zero-order valence-corrected chi connectivity index (χ0v) is 20.0. The number of rotatable bonds is 7. The Bertz CT molecular complexity index is 1160. The van der Waals surface area contributed by atoms with E-state index in [2.05, 4.69) is 5.32 Å². The molecule has 1 amide bonds. The zero-order valence-electron chi connectivity index (χ0n) is 19.2. The molecule has 1 aromatic heterocycles. The van der Waals surface area contributed by atoms with E-state index in [4.69, 9.17) is 4.74 Å². The number of fused-ring (bicyclic) bond motifs is 3. The van der Waals surface area contributed by atoms with E-state index in [1.54, 1.807) is 12.1 Å². The van der Waals surface area contributed by atoms with Gasteiger partial charge in [-0.25, -0.2) is 13.6 Å². The number of ketones is 1. The molecule has 0 spiro atoms. The van der Waals surface area contributed by atoms with Crippen molar-refractivity contribution in [2.45, 2.75) is 25.0 Å². The van der Waals surface area contributed by atoms with Crippen LogP contribution >= 0.6 is 11.3 Å². The summed E-state index contributed by atoms with van der Waals surface area (Å²) < 4.78 is 34.3. The first-order valence-corrected chi connectivity index (χ1v) is 12.7. The van der Waals surface area contributed by atoms with E-state index in [0.717, 1.165) is 30.8 Å². The Morgan fingerprint density at radius 1 is 1.00 bits per heavy atom. The second-order valence-corrected chi connectivity index (χ2v) is 10.5. The lowest BCUT2D eigenvalue weighted by atomic mass is 9.81. The molecule has 0 radical (unpaired) electrons. The summed E-state index contributed by atoms with van der Waals surface area (Å²) in [5.41, 5.74) is 0.842. The van der Waals surface area contributed by atoms with Gasteiger partial charge in [0.1, 0.15) is 18.2 Å². The summed E-state index contributed by atoms with van der Waals surface area (Å²) in [5.74, 6) is -0.473. The molecule has 8 heteroatoms. The molecule has 1 unspecified atom stereocenters. The Morgan fingerprint density at radius 3 is 2.23 bits per heavy atom. The molecule has 5 nitrogen and oxygen atoms in total. The normalized spacial score (nSPS) is 23.3. The van der Waals surface area contributed by atoms with Gasteiger partial charge in [0.2, 0.25) is 5.78 Å². The van der Waals surface area contributed by atoms with Crippen LogP contribution < -0.4 is 5.32 Å². The third-order valence-corrected chi connectivity index (χ3v) is 8.12. The highest BCUT2D eigenvalue weighted by atomic mass is 32.1. The van der Waals surface area contributed by atoms with Crippen LogP contribution in [0.3, 0.4) is 0 Å². The number of benzene rings is 2. The number of Topliss-reactive ketones (excluding diaryl/α,β-unsaturated/α-hetero) is 1. The fourth-order valence-corrected chi connectivity index (χ4v) is 6.11. The van der Waals surface area contributed by atoms with Gasteiger partial charge in [-0.2, -0.15) is 0 Å². The lowest BCUT2D eigenvalue weighted by Gasteiger charge is -2.52. The number of quaternary nitrogens is 1. The van der Waals surface area contributed by atoms with Crippen LogP contribution in [-0.4, -0.2) is 48.6 Å². The molecule has 1 atom stereocenters. The third-order valence-electron chi connectivity index (χ3n) is 7.21. The lowest BCUT2D eigenvalue weighted by Crippen LogP contribution is -2.68. The molecule has 3 aromatic rings. The molecule has 182 valence electrons. The van der Waals surface area contributed by atoms with Gasteiger partial charge in [-0.3, -0.25) is 4.79 Å². The van der Waals surface area contributed by atoms with E-state index in [1.165, 1.54) is 47.7 Å². The molecule has 1 N–H and O–H groups in total. The van der Waals surface area contributed by atoms with E-state index in [1.807, 2.05) is 17.5 Å². The van der Waals surface area contributed by atoms with Gasteiger partial charge in [0.15, 0.2) is 6.10 Å². The van der Waals surface area contributed by atoms with Gasteiger partial charge < -0.3 is 14.5 Å². The van der Waals surface area contributed by atoms with Crippen LogP contribution in [0.4, 0.5) is 13.6 Å². The number of piperidine rings is 3. The molecule has 3 fully saturated rings. The average molecular weight is 498 g/mol. The summed E-state index contributed by atoms with van der Waals surface area (Å²) in [6.07, 6.45) is 0.274. The summed E-state index contributed by atoms with van der Waals surface area (Å²) in [5, 5.41) is 4.92. The summed E-state index contributed by atoms with van der Waals surface area (Å²) in [6.45, 7) is 2.94. The number of carbonyl (C=O) groups is 2. The van der Waals surface area contributed by atoms with Crippen molar-refractivity contribution in [3.8, 4) is 0 Å². The van der Waals surface area contributed by atoms with Gasteiger partial charge in [-0.15, -0.1) is 11.3 Å². The predicted molar refractivity (Wildman–Crippen MR) is 129 cm³/mol. The number of halogens is 2. The van der Waals surface area contributed by atoms with E-state index in [0.29, 0.717) is 34.6 Å². The van der Waals surface area contributed by atoms with Gasteiger partial charge in [0.25, 0.3) is 0 Å². The molecule has 4 heterocycles. The molecule has 3 aliphatic heterocycles. The monoisotopic (exact) mass is 497 g/mol. The Hall–Kier alpha value is -3.10. The Balaban J connectivity index is 1.30. The van der Waals surface area contributed by atoms with E-state index < -0.39 is 23.8 Å². The molecular weight excluding hydrogens is 470 g/mol. The summed E-state index contributed by atoms with van der Waals surface area (Å²) in [6, 6.07) is 15.2. The number of hydrogen-bond acceptors (Lipinski definition) is 4. The maximum Gasteiger partial charge on any atom is 0.408 e. The SMILES string of the molecule is O=C(NC1C[N+]2(CC(=O)c3cccs3)CCC1CC2)OC(c1cccc(F)c1)c1cccc(F)c1. The molecule has 2 aromatic carbocycles. The zero-order chi connectivity index (χ0) is 24.4. The average Bonchev–Trinajstić information content (AvgIpc) is 3.38. The van der Waals surface area contributed by atoms with Crippen molar-refractivity contribution < 1.29 is 27.6 Å². The molecule has 35 heavy (non-hydrogen) atoms. The summed E-state index contributed by atoms with van der Waals surface area (Å²) in [7, 11) is 0. The van der Waals surface area contributed by atoms with Gasteiger partial charge in [-0.1, -0.05) is 30.3 Å². The highest BCUT2D eigenvalue weighted by Crippen LogP contribution is 2.35. The second-order valence-electron chi connectivity index (χ2n) is 9.51. The highest BCUT2D eigenvalue weighted by molar-refractivity contribution is 7.12. The minimum absolute atomic E-state index is 0.123. The van der Waals surface area contributed by atoms with Gasteiger partial charge in [0, 0.05) is 12.8 Å². The molecule has 0 aliphatic carbocycles. The number of carbonyl (C=O) groups excluding carboxylic acids is 2. The quantitative estimate of drug-likeness (QED) is 0.355. The summed E-state index contributed by atoms with van der Waals surface area (Å²) in [4.78, 5) is 26.6. The first-order valence-electron chi connectivity index (χ1n) is 11.8. The first kappa shape index (κ1) is 23.6. The third kappa shape index (κ3) is 5.28. The minimum atomic E-state index is -0.953. The van der Waals surface area contributed by atoms with Crippen LogP contribution in [0.25, 0.3) is 0 Å². The van der Waals surface area contributed by atoms with Crippen molar-refractivity contribution in [1.29, 1.82) is 0 Å². The topological polar surface area (TPSA) is 55.4 Å². The fourth-order valence-electron chi connectivity index (χ4n) is 5.45. The largest absolute Gasteiger partial charge is 0.436 e. The van der Waals surface area contributed by atoms with Crippen LogP contribution in [0.15, 0.2) is 66.0 Å². The molecule has 0 saturated carbocycles. The maximum absolute atomic E-state index is 13.9. The van der Waals surface area contributed by atoms with Crippen LogP contribution in [0, 0.1) is 17.6 Å². The molecule has 3 aliphatic rings. The van der Waals surface area contributed by atoms with Crippen molar-refractivity contribution >= 4 is 23.2 Å². The number of alkyl carbamates (subject to hydrolysis) is 1. The Kier molecular flexibility index (Phi) is 6.67. The smallest absolute Gasteiger partial charge is 0.408 e. The molecule has 6 rings (SSSR count). The second kappa shape index (κ2) is 9.87. The molecular formula is C27H27F2N2O3S+. The lowest BCUT2D eigenvalue weighted by molar-refractivity contribution is -0.936. The maximum atomic E-state index is 13.9. The fraction of sp³-hybridized carbons (Fsp3) is 0.333. The van der Waals surface area contributed by atoms with E-state index in [9.17, 15) is 18.4 Å². The van der Waals surface area contributed by atoms with Crippen molar-refractivity contribution in [3.05, 3.63) is 93.7 Å². The molecule has 2 bridgehead atoms. The molecule has 3 saturated heterocycles. The van der Waals surface area contributed by atoms with Crippen LogP contribution in [0.2, 0.25) is 0 Å². The van der Waals surface area contributed by atoms with Crippen molar-refractivity contribution in [3.63, 3.8) is 0 Å². The van der Waals surface area contributed by atoms with Crippen LogP contribution in [0.5, 0.6) is 0 Å². The number of nitrogens with zero attached hydrogens (tertiary/aromatic N) is 1. The summed E-state index contributed by atoms with van der Waals surface area (Å²) >= 11 is 1.45. The number of thiophene rings is 1. The van der Waals surface area contributed by atoms with Crippen molar-refractivity contribution in [1.82, 2.24) is 5.32 Å². The van der Waals surface area contributed by atoms with Gasteiger partial charge >= 0.3 is 6.09 Å². The van der Waals surface area contributed by atoms with Crippen LogP contribution in [-0.2, 0) is 4.74 Å². The first-order chi connectivity index (χ1) is 16.9. The van der Waals surface area contributed by atoms with Gasteiger partial charge in [-0.05, 0) is 52.8 Å². The van der Waals surface area contributed by atoms with E-state index in [-0.39, 0.29) is 11.8 Å². The number of hydrogen-bond donors (Lipinski definition) is 1. The predicted octanol–water partition coefficient (Wildman–Crippen LogP) is 5.33. The number of amides is 1. The van der Waals surface area contributed by atoms with Crippen LogP contribution in [0.1, 0.15) is 39.7 Å². The Labute approximate surface area is 206 Å². The Morgan fingerprint density at radius 2 is 1.66 bits per heavy atom. The number of nitrogens with one attached hydrogen (secondary N) is 1. The number of ether oxygens (including phenoxy) is 1.